The summed E-state index contributed by atoms with van der Waals surface area (Å²) in [7, 11) is 0. The minimum atomic E-state index is -0.574. The summed E-state index contributed by atoms with van der Waals surface area (Å²) in [6.45, 7) is 5.85. The molecule has 1 N–H and O–H groups in total. The molecule has 94 valence electrons. The van der Waals surface area contributed by atoms with E-state index in [2.05, 4.69) is 12.1 Å². The van der Waals surface area contributed by atoms with Crippen molar-refractivity contribution in [1.29, 1.82) is 0 Å². The van der Waals surface area contributed by atoms with E-state index in [1.165, 1.54) is 5.56 Å². The molecular formula is C15H22O2. The molecule has 0 saturated heterocycles. The van der Waals surface area contributed by atoms with Crippen LogP contribution in [-0.4, -0.2) is 17.0 Å². The van der Waals surface area contributed by atoms with Gasteiger partial charge < -0.3 is 5.11 Å². The topological polar surface area (TPSA) is 37.3 Å². The Morgan fingerprint density at radius 1 is 1.29 bits per heavy atom. The van der Waals surface area contributed by atoms with Crippen LogP contribution in [0, 0.1) is 5.41 Å². The van der Waals surface area contributed by atoms with Crippen LogP contribution in [0.3, 0.4) is 0 Å². The zero-order valence-corrected chi connectivity index (χ0v) is 10.9. The third kappa shape index (κ3) is 4.31. The first-order chi connectivity index (χ1) is 7.95. The average molecular weight is 234 g/mol. The predicted octanol–water partition coefficient (Wildman–Crippen LogP) is 2.99. The van der Waals surface area contributed by atoms with E-state index in [0.29, 0.717) is 6.42 Å². The Kier molecular flexibility index (Phi) is 4.88. The van der Waals surface area contributed by atoms with Gasteiger partial charge in [0.05, 0.1) is 6.10 Å². The van der Waals surface area contributed by atoms with Gasteiger partial charge >= 0.3 is 0 Å². The number of rotatable bonds is 6. The van der Waals surface area contributed by atoms with Crippen LogP contribution < -0.4 is 0 Å². The second kappa shape index (κ2) is 5.97. The minimum absolute atomic E-state index is 0.124. The van der Waals surface area contributed by atoms with Crippen molar-refractivity contribution in [1.82, 2.24) is 0 Å². The standard InChI is InChI=1S/C15H22O2/c1-4-13(16)10-14(17)15(2,3)11-12-8-6-5-7-9-12/h5-9,14,17H,4,10-11H2,1-3H3. The molecule has 0 radical (unpaired) electrons. The highest BCUT2D eigenvalue weighted by Gasteiger charge is 2.29. The highest BCUT2D eigenvalue weighted by molar-refractivity contribution is 5.78. The fourth-order valence-corrected chi connectivity index (χ4v) is 1.88. The molecule has 2 nitrogen and oxygen atoms in total. The van der Waals surface area contributed by atoms with Crippen molar-refractivity contribution in [2.45, 2.75) is 46.1 Å². The molecule has 1 aromatic carbocycles. The van der Waals surface area contributed by atoms with E-state index in [1.807, 2.05) is 39.0 Å². The molecule has 0 heterocycles. The van der Waals surface area contributed by atoms with E-state index in [1.54, 1.807) is 0 Å². The van der Waals surface area contributed by atoms with Crippen molar-refractivity contribution in [2.24, 2.45) is 5.41 Å². The number of ketones is 1. The van der Waals surface area contributed by atoms with Crippen LogP contribution in [0.2, 0.25) is 0 Å². The number of benzene rings is 1. The summed E-state index contributed by atoms with van der Waals surface area (Å²) in [6, 6.07) is 10.1. The van der Waals surface area contributed by atoms with Gasteiger partial charge in [0, 0.05) is 12.8 Å². The molecule has 17 heavy (non-hydrogen) atoms. The molecule has 0 aliphatic rings. The van der Waals surface area contributed by atoms with Gasteiger partial charge in [-0.05, 0) is 17.4 Å². The first kappa shape index (κ1) is 13.9. The van der Waals surface area contributed by atoms with Crippen LogP contribution in [0.5, 0.6) is 0 Å². The third-order valence-corrected chi connectivity index (χ3v) is 3.22. The highest BCUT2D eigenvalue weighted by atomic mass is 16.3. The zero-order valence-electron chi connectivity index (χ0n) is 10.9. The van der Waals surface area contributed by atoms with Gasteiger partial charge in [-0.3, -0.25) is 4.79 Å². The number of aliphatic hydroxyl groups is 1. The number of aliphatic hydroxyl groups excluding tert-OH is 1. The summed E-state index contributed by atoms with van der Waals surface area (Å²) in [4.78, 5) is 11.4. The Morgan fingerprint density at radius 3 is 2.41 bits per heavy atom. The fraction of sp³-hybridized carbons (Fsp3) is 0.533. The molecule has 2 heteroatoms. The number of hydrogen-bond donors (Lipinski definition) is 1. The van der Waals surface area contributed by atoms with E-state index >= 15 is 0 Å². The molecule has 0 aliphatic carbocycles. The summed E-state index contributed by atoms with van der Waals surface area (Å²) >= 11 is 0. The minimum Gasteiger partial charge on any atom is -0.392 e. The van der Waals surface area contributed by atoms with E-state index in [9.17, 15) is 9.90 Å². The highest BCUT2D eigenvalue weighted by Crippen LogP contribution is 2.28. The van der Waals surface area contributed by atoms with Crippen LogP contribution in [0.25, 0.3) is 0 Å². The molecule has 0 bridgehead atoms. The zero-order chi connectivity index (χ0) is 12.9. The van der Waals surface area contributed by atoms with Gasteiger partial charge in [-0.15, -0.1) is 0 Å². The molecule has 0 saturated carbocycles. The van der Waals surface area contributed by atoms with Crippen molar-refractivity contribution in [3.05, 3.63) is 35.9 Å². The molecule has 1 rings (SSSR count). The third-order valence-electron chi connectivity index (χ3n) is 3.22. The SMILES string of the molecule is CCC(=O)CC(O)C(C)(C)Cc1ccccc1. The van der Waals surface area contributed by atoms with Gasteiger partial charge in [-0.25, -0.2) is 0 Å². The maximum atomic E-state index is 11.4. The lowest BCUT2D eigenvalue weighted by Gasteiger charge is -2.30. The Morgan fingerprint density at radius 2 is 1.88 bits per heavy atom. The quantitative estimate of drug-likeness (QED) is 0.821. The lowest BCUT2D eigenvalue weighted by atomic mass is 9.78. The Labute approximate surface area is 104 Å². The number of carbonyl (C=O) groups is 1. The van der Waals surface area contributed by atoms with Crippen molar-refractivity contribution in [3.63, 3.8) is 0 Å². The Balaban J connectivity index is 2.64. The normalized spacial score (nSPS) is 13.4. The van der Waals surface area contributed by atoms with Crippen LogP contribution in [0.4, 0.5) is 0 Å². The molecule has 0 aromatic heterocycles. The summed E-state index contributed by atoms with van der Waals surface area (Å²) in [5, 5.41) is 10.1. The molecule has 0 aliphatic heterocycles. The largest absolute Gasteiger partial charge is 0.392 e. The average Bonchev–Trinajstić information content (AvgIpc) is 2.29. The van der Waals surface area contributed by atoms with E-state index in [0.717, 1.165) is 6.42 Å². The lowest BCUT2D eigenvalue weighted by Crippen LogP contribution is -2.33. The van der Waals surface area contributed by atoms with Crippen molar-refractivity contribution < 1.29 is 9.90 Å². The molecule has 0 spiro atoms. The fourth-order valence-electron chi connectivity index (χ4n) is 1.88. The number of Topliss-reactive ketones (excluding diaryl/α,β-unsaturated/α-hetero) is 1. The summed E-state index contributed by atoms with van der Waals surface area (Å²) in [6.07, 6.45) is 0.969. The number of carbonyl (C=O) groups excluding carboxylic acids is 1. The van der Waals surface area contributed by atoms with E-state index in [4.69, 9.17) is 0 Å². The smallest absolute Gasteiger partial charge is 0.135 e. The first-order valence-electron chi connectivity index (χ1n) is 6.19. The van der Waals surface area contributed by atoms with Gasteiger partial charge in [0.2, 0.25) is 0 Å². The van der Waals surface area contributed by atoms with Crippen LogP contribution in [0.1, 0.15) is 39.2 Å². The van der Waals surface area contributed by atoms with Crippen LogP contribution in [0.15, 0.2) is 30.3 Å². The van der Waals surface area contributed by atoms with Crippen molar-refractivity contribution in [2.75, 3.05) is 0 Å². The lowest BCUT2D eigenvalue weighted by molar-refractivity contribution is -0.122. The predicted molar refractivity (Wildman–Crippen MR) is 69.8 cm³/mol. The van der Waals surface area contributed by atoms with Gasteiger partial charge in [0.15, 0.2) is 0 Å². The second-order valence-electron chi connectivity index (χ2n) is 5.26. The maximum Gasteiger partial charge on any atom is 0.135 e. The molecule has 0 amide bonds. The molecule has 1 unspecified atom stereocenters. The van der Waals surface area contributed by atoms with Gasteiger partial charge in [-0.2, -0.15) is 0 Å². The monoisotopic (exact) mass is 234 g/mol. The molecule has 1 atom stereocenters. The van der Waals surface area contributed by atoms with Gasteiger partial charge in [0.25, 0.3) is 0 Å². The van der Waals surface area contributed by atoms with Gasteiger partial charge in [-0.1, -0.05) is 51.1 Å². The number of hydrogen-bond acceptors (Lipinski definition) is 2. The molecular weight excluding hydrogens is 212 g/mol. The summed E-state index contributed by atoms with van der Waals surface area (Å²) in [5.74, 6) is 0.124. The molecule has 1 aromatic rings. The summed E-state index contributed by atoms with van der Waals surface area (Å²) < 4.78 is 0. The van der Waals surface area contributed by atoms with Gasteiger partial charge in [0.1, 0.15) is 5.78 Å². The van der Waals surface area contributed by atoms with Crippen molar-refractivity contribution >= 4 is 5.78 Å². The van der Waals surface area contributed by atoms with E-state index < -0.39 is 6.10 Å². The van der Waals surface area contributed by atoms with E-state index in [-0.39, 0.29) is 17.6 Å². The Bertz CT molecular complexity index is 354. The Hall–Kier alpha value is -1.15. The van der Waals surface area contributed by atoms with Crippen LogP contribution >= 0.6 is 0 Å². The second-order valence-corrected chi connectivity index (χ2v) is 5.26. The maximum absolute atomic E-state index is 11.4. The van der Waals surface area contributed by atoms with Crippen LogP contribution in [-0.2, 0) is 11.2 Å². The summed E-state index contributed by atoms with van der Waals surface area (Å²) in [5.41, 5.74) is 0.923. The molecule has 0 fully saturated rings. The van der Waals surface area contributed by atoms with Crippen molar-refractivity contribution in [3.8, 4) is 0 Å². The first-order valence-corrected chi connectivity index (χ1v) is 6.19.